The molecule has 0 heterocycles. The lowest BCUT2D eigenvalue weighted by atomic mass is 9.76. The van der Waals surface area contributed by atoms with Gasteiger partial charge in [0.1, 0.15) is 5.75 Å². The number of rotatable bonds is 7. The number of carbonyl (C=O) groups excluding carboxylic acids is 1. The van der Waals surface area contributed by atoms with Gasteiger partial charge in [-0.2, -0.15) is 0 Å². The second kappa shape index (κ2) is 8.73. The summed E-state index contributed by atoms with van der Waals surface area (Å²) in [5, 5.41) is 3.74. The Labute approximate surface area is 176 Å². The molecule has 8 heteroatoms. The Bertz CT molecular complexity index is 984. The molecule has 0 bridgehead atoms. The fraction of sp³-hybridized carbons (Fsp3) is 0.381. The largest absolute Gasteiger partial charge is 0.496 e. The zero-order valence-corrected chi connectivity index (χ0v) is 18.3. The molecular formula is C21H25ClN2O4S. The number of benzene rings is 2. The number of hydrogen-bond acceptors (Lipinski definition) is 4. The topological polar surface area (TPSA) is 75.7 Å². The Morgan fingerprint density at radius 3 is 2.41 bits per heavy atom. The van der Waals surface area contributed by atoms with E-state index in [1.54, 1.807) is 6.07 Å². The molecule has 0 unspecified atom stereocenters. The van der Waals surface area contributed by atoms with Crippen molar-refractivity contribution in [3.63, 3.8) is 0 Å². The van der Waals surface area contributed by atoms with Crippen molar-refractivity contribution in [2.75, 3.05) is 21.2 Å². The summed E-state index contributed by atoms with van der Waals surface area (Å²) < 4.78 is 31.2. The van der Waals surface area contributed by atoms with Gasteiger partial charge in [-0.1, -0.05) is 23.7 Å². The number of sulfonamides is 1. The first kappa shape index (κ1) is 21.6. The maximum atomic E-state index is 12.5. The van der Waals surface area contributed by atoms with E-state index < -0.39 is 10.0 Å². The van der Waals surface area contributed by atoms with E-state index in [1.807, 2.05) is 24.3 Å². The molecule has 2 aromatic carbocycles. The lowest BCUT2D eigenvalue weighted by Crippen LogP contribution is -2.44. The van der Waals surface area contributed by atoms with E-state index in [-0.39, 0.29) is 23.3 Å². The lowest BCUT2D eigenvalue weighted by Gasteiger charge is -2.36. The molecular weight excluding hydrogens is 412 g/mol. The van der Waals surface area contributed by atoms with Crippen LogP contribution in [0.2, 0.25) is 5.02 Å². The van der Waals surface area contributed by atoms with Gasteiger partial charge in [0, 0.05) is 30.7 Å². The molecule has 0 aromatic heterocycles. The number of methoxy groups -OCH3 is 1. The maximum Gasteiger partial charge on any atom is 0.242 e. The number of carbonyl (C=O) groups is 1. The summed E-state index contributed by atoms with van der Waals surface area (Å²) in [4.78, 5) is 12.7. The first-order chi connectivity index (χ1) is 13.7. The summed E-state index contributed by atoms with van der Waals surface area (Å²) in [6.07, 6.45) is 1.81. The van der Waals surface area contributed by atoms with E-state index in [0.717, 1.165) is 17.1 Å². The molecule has 0 atom stereocenters. The Kier molecular flexibility index (Phi) is 6.51. The SMILES string of the molecule is COc1ccc(S(=O)(=O)N(C)C)cc1CC(=O)NC1CC(c2ccc(Cl)cc2)C1. The van der Waals surface area contributed by atoms with Crippen LogP contribution in [0.25, 0.3) is 0 Å². The van der Waals surface area contributed by atoms with Gasteiger partial charge in [0.25, 0.3) is 0 Å². The summed E-state index contributed by atoms with van der Waals surface area (Å²) in [5.74, 6) is 0.758. The number of hydrogen-bond donors (Lipinski definition) is 1. The second-order valence-electron chi connectivity index (χ2n) is 7.42. The quantitative estimate of drug-likeness (QED) is 0.723. The van der Waals surface area contributed by atoms with Gasteiger partial charge < -0.3 is 10.1 Å². The molecule has 1 saturated carbocycles. The van der Waals surface area contributed by atoms with E-state index in [9.17, 15) is 13.2 Å². The van der Waals surface area contributed by atoms with E-state index in [0.29, 0.717) is 22.3 Å². The van der Waals surface area contributed by atoms with Crippen molar-refractivity contribution >= 4 is 27.5 Å². The molecule has 3 rings (SSSR count). The molecule has 1 fully saturated rings. The number of nitrogens with one attached hydrogen (secondary N) is 1. The van der Waals surface area contributed by atoms with E-state index in [1.165, 1.54) is 38.9 Å². The van der Waals surface area contributed by atoms with Gasteiger partial charge in [0.2, 0.25) is 15.9 Å². The Balaban J connectivity index is 1.63. The van der Waals surface area contributed by atoms with Crippen LogP contribution in [0.3, 0.4) is 0 Å². The van der Waals surface area contributed by atoms with Gasteiger partial charge in [-0.05, 0) is 54.7 Å². The van der Waals surface area contributed by atoms with Gasteiger partial charge in [0.05, 0.1) is 18.4 Å². The fourth-order valence-electron chi connectivity index (χ4n) is 3.46. The Hall–Kier alpha value is -2.09. The van der Waals surface area contributed by atoms with Crippen LogP contribution in [0.1, 0.15) is 29.9 Å². The lowest BCUT2D eigenvalue weighted by molar-refractivity contribution is -0.121. The van der Waals surface area contributed by atoms with Gasteiger partial charge in [-0.15, -0.1) is 0 Å². The van der Waals surface area contributed by atoms with Crippen LogP contribution in [-0.4, -0.2) is 45.9 Å². The summed E-state index contributed by atoms with van der Waals surface area (Å²) in [6, 6.07) is 12.5. The summed E-state index contributed by atoms with van der Waals surface area (Å²) >= 11 is 5.93. The monoisotopic (exact) mass is 436 g/mol. The van der Waals surface area contributed by atoms with Crippen LogP contribution < -0.4 is 10.1 Å². The molecule has 1 amide bonds. The third-order valence-corrected chi connectivity index (χ3v) is 7.29. The van der Waals surface area contributed by atoms with Crippen LogP contribution >= 0.6 is 11.6 Å². The van der Waals surface area contributed by atoms with E-state index in [2.05, 4.69) is 5.32 Å². The molecule has 29 heavy (non-hydrogen) atoms. The van der Waals surface area contributed by atoms with E-state index >= 15 is 0 Å². The normalized spacial score (nSPS) is 18.9. The highest BCUT2D eigenvalue weighted by Gasteiger charge is 2.31. The standard InChI is InChI=1S/C21H25ClN2O4S/c1-24(2)29(26,27)19-8-9-20(28-3)16(12-19)13-21(25)23-18-10-15(11-18)14-4-6-17(22)7-5-14/h4-9,12,15,18H,10-11,13H2,1-3H3,(H,23,25). The number of halogens is 1. The van der Waals surface area contributed by atoms with Gasteiger partial charge in [-0.25, -0.2) is 12.7 Å². The molecule has 2 aromatic rings. The third-order valence-electron chi connectivity index (χ3n) is 5.23. The molecule has 156 valence electrons. The zero-order chi connectivity index (χ0) is 21.2. The van der Waals surface area contributed by atoms with Crippen molar-refractivity contribution in [1.82, 2.24) is 9.62 Å². The number of amides is 1. The van der Waals surface area contributed by atoms with Crippen molar-refractivity contribution in [3.05, 3.63) is 58.6 Å². The average Bonchev–Trinajstić information content (AvgIpc) is 2.65. The minimum atomic E-state index is -3.58. The fourth-order valence-corrected chi connectivity index (χ4v) is 4.54. The van der Waals surface area contributed by atoms with Crippen molar-refractivity contribution in [1.29, 1.82) is 0 Å². The predicted octanol–water partition coefficient (Wildman–Crippen LogP) is 3.20. The van der Waals surface area contributed by atoms with Crippen molar-refractivity contribution in [2.45, 2.75) is 36.1 Å². The average molecular weight is 437 g/mol. The summed E-state index contributed by atoms with van der Waals surface area (Å²) in [6.45, 7) is 0. The first-order valence-electron chi connectivity index (χ1n) is 9.35. The zero-order valence-electron chi connectivity index (χ0n) is 16.7. The number of nitrogens with zero attached hydrogens (tertiary/aromatic N) is 1. The minimum Gasteiger partial charge on any atom is -0.496 e. The maximum absolute atomic E-state index is 12.5. The van der Waals surface area contributed by atoms with Crippen LogP contribution in [0.5, 0.6) is 5.75 Å². The number of ether oxygens (including phenoxy) is 1. The smallest absolute Gasteiger partial charge is 0.242 e. The Morgan fingerprint density at radius 1 is 1.17 bits per heavy atom. The van der Waals surface area contributed by atoms with Gasteiger partial charge >= 0.3 is 0 Å². The van der Waals surface area contributed by atoms with Crippen LogP contribution in [0.15, 0.2) is 47.4 Å². The summed E-state index contributed by atoms with van der Waals surface area (Å²) in [5.41, 5.74) is 1.77. The molecule has 0 aliphatic heterocycles. The first-order valence-corrected chi connectivity index (χ1v) is 11.2. The highest BCUT2D eigenvalue weighted by atomic mass is 35.5. The molecule has 6 nitrogen and oxygen atoms in total. The van der Waals surface area contributed by atoms with E-state index in [4.69, 9.17) is 16.3 Å². The second-order valence-corrected chi connectivity index (χ2v) is 10.0. The van der Waals surface area contributed by atoms with Crippen LogP contribution in [-0.2, 0) is 21.2 Å². The van der Waals surface area contributed by atoms with Crippen LogP contribution in [0, 0.1) is 0 Å². The highest BCUT2D eigenvalue weighted by Crippen LogP contribution is 2.37. The van der Waals surface area contributed by atoms with Gasteiger partial charge in [0.15, 0.2) is 0 Å². The van der Waals surface area contributed by atoms with Crippen molar-refractivity contribution in [2.24, 2.45) is 0 Å². The highest BCUT2D eigenvalue weighted by molar-refractivity contribution is 7.89. The van der Waals surface area contributed by atoms with Crippen molar-refractivity contribution < 1.29 is 17.9 Å². The molecule has 1 aliphatic rings. The third kappa shape index (κ3) is 4.91. The molecule has 0 radical (unpaired) electrons. The van der Waals surface area contributed by atoms with Crippen LogP contribution in [0.4, 0.5) is 0 Å². The van der Waals surface area contributed by atoms with Crippen molar-refractivity contribution in [3.8, 4) is 5.75 Å². The summed E-state index contributed by atoms with van der Waals surface area (Å²) in [7, 11) is 0.862. The molecule has 0 saturated heterocycles. The molecule has 1 N–H and O–H groups in total. The minimum absolute atomic E-state index is 0.0576. The predicted molar refractivity (Wildman–Crippen MR) is 113 cm³/mol. The Morgan fingerprint density at radius 2 is 1.83 bits per heavy atom. The van der Waals surface area contributed by atoms with Gasteiger partial charge in [-0.3, -0.25) is 4.79 Å². The molecule has 1 aliphatic carbocycles. The molecule has 0 spiro atoms.